The summed E-state index contributed by atoms with van der Waals surface area (Å²) in [5, 5.41) is 3.42. The summed E-state index contributed by atoms with van der Waals surface area (Å²) in [6, 6.07) is 7.70. The van der Waals surface area contributed by atoms with Gasteiger partial charge in [-0.3, -0.25) is 9.69 Å². The lowest BCUT2D eigenvalue weighted by molar-refractivity contribution is -0.118. The zero-order valence-electron chi connectivity index (χ0n) is 10.8. The first-order chi connectivity index (χ1) is 9.08. The Balaban J connectivity index is 2.31. The van der Waals surface area contributed by atoms with Crippen LogP contribution in [-0.4, -0.2) is 26.0 Å². The van der Waals surface area contributed by atoms with Crippen molar-refractivity contribution in [3.05, 3.63) is 42.5 Å². The van der Waals surface area contributed by atoms with E-state index in [9.17, 15) is 4.79 Å². The number of alkyl halides is 1. The molecule has 5 nitrogen and oxygen atoms in total. The number of hydrogen-bond acceptors (Lipinski definition) is 3. The van der Waals surface area contributed by atoms with Crippen LogP contribution >= 0.6 is 11.6 Å². The van der Waals surface area contributed by atoms with Gasteiger partial charge in [0.15, 0.2) is 0 Å². The Kier molecular flexibility index (Phi) is 4.16. The van der Waals surface area contributed by atoms with E-state index >= 15 is 0 Å². The molecule has 2 aromatic rings. The van der Waals surface area contributed by atoms with Crippen molar-refractivity contribution in [1.82, 2.24) is 14.8 Å². The number of rotatable bonds is 4. The second-order valence-corrected chi connectivity index (χ2v) is 4.95. The number of amides is 1. The molecule has 1 amide bonds. The van der Waals surface area contributed by atoms with Crippen molar-refractivity contribution in [1.29, 1.82) is 0 Å². The minimum Gasteiger partial charge on any atom is -0.291 e. The van der Waals surface area contributed by atoms with E-state index in [0.29, 0.717) is 6.67 Å². The summed E-state index contributed by atoms with van der Waals surface area (Å²) < 4.78 is 1.58. The zero-order valence-corrected chi connectivity index (χ0v) is 11.6. The van der Waals surface area contributed by atoms with Crippen LogP contribution in [-0.2, 0) is 11.5 Å². The Hall–Kier alpha value is -1.88. The summed E-state index contributed by atoms with van der Waals surface area (Å²) >= 11 is 5.92. The van der Waals surface area contributed by atoms with Crippen LogP contribution in [0.5, 0.6) is 0 Å². The lowest BCUT2D eigenvalue weighted by atomic mass is 10.2. The number of carbonyl (C=O) groups is 1. The summed E-state index contributed by atoms with van der Waals surface area (Å²) in [4.78, 5) is 17.7. The van der Waals surface area contributed by atoms with Gasteiger partial charge < -0.3 is 0 Å². The maximum Gasteiger partial charge on any atom is 0.246 e. The maximum absolute atomic E-state index is 12.2. The van der Waals surface area contributed by atoms with E-state index in [-0.39, 0.29) is 5.91 Å². The molecule has 1 heterocycles. The van der Waals surface area contributed by atoms with Crippen LogP contribution in [0, 0.1) is 6.92 Å². The monoisotopic (exact) mass is 278 g/mol. The average molecular weight is 279 g/mol. The molecule has 0 fully saturated rings. The molecule has 2 rings (SSSR count). The van der Waals surface area contributed by atoms with E-state index in [4.69, 9.17) is 11.6 Å². The molecule has 0 N–H and O–H groups in total. The maximum atomic E-state index is 12.2. The Morgan fingerprint density at radius 2 is 2.32 bits per heavy atom. The Labute approximate surface area is 116 Å². The van der Waals surface area contributed by atoms with Crippen LogP contribution in [0.3, 0.4) is 0 Å². The van der Waals surface area contributed by atoms with E-state index < -0.39 is 5.38 Å². The van der Waals surface area contributed by atoms with Crippen molar-refractivity contribution in [3.63, 3.8) is 0 Å². The van der Waals surface area contributed by atoms with Crippen molar-refractivity contribution in [3.8, 4) is 0 Å². The summed E-state index contributed by atoms with van der Waals surface area (Å²) in [6.45, 7) is 3.93. The van der Waals surface area contributed by atoms with Gasteiger partial charge in [-0.2, -0.15) is 5.10 Å². The van der Waals surface area contributed by atoms with Crippen molar-refractivity contribution < 1.29 is 4.79 Å². The fourth-order valence-corrected chi connectivity index (χ4v) is 1.86. The Morgan fingerprint density at radius 1 is 1.53 bits per heavy atom. The molecule has 0 bridgehead atoms. The summed E-state index contributed by atoms with van der Waals surface area (Å²) in [5.41, 5.74) is 1.88. The highest BCUT2D eigenvalue weighted by atomic mass is 35.5. The molecule has 0 aliphatic carbocycles. The molecule has 0 spiro atoms. The molecular formula is C13H15ClN4O. The second kappa shape index (κ2) is 5.84. The summed E-state index contributed by atoms with van der Waals surface area (Å²) in [7, 11) is 0. The lowest BCUT2D eigenvalue weighted by Crippen LogP contribution is -2.37. The molecule has 1 unspecified atom stereocenters. The van der Waals surface area contributed by atoms with Gasteiger partial charge >= 0.3 is 0 Å². The van der Waals surface area contributed by atoms with Crippen LogP contribution in [0.25, 0.3) is 0 Å². The molecule has 6 heteroatoms. The topological polar surface area (TPSA) is 51.0 Å². The minimum absolute atomic E-state index is 0.164. The van der Waals surface area contributed by atoms with Gasteiger partial charge in [-0.1, -0.05) is 12.1 Å². The highest BCUT2D eigenvalue weighted by Crippen LogP contribution is 2.18. The Bertz CT molecular complexity index is 554. The molecule has 1 aromatic carbocycles. The standard InChI is InChI=1S/C13H15ClN4O/c1-10-4-3-5-12(6-10)18(13(19)11(2)14)9-17-8-15-7-16-17/h3-8,11H,9H2,1-2H3. The third-order valence-electron chi connectivity index (χ3n) is 2.67. The van der Waals surface area contributed by atoms with Crippen LogP contribution in [0.4, 0.5) is 5.69 Å². The smallest absolute Gasteiger partial charge is 0.246 e. The van der Waals surface area contributed by atoms with Crippen LogP contribution in [0.2, 0.25) is 0 Å². The minimum atomic E-state index is -0.593. The molecular weight excluding hydrogens is 264 g/mol. The number of halogens is 1. The highest BCUT2D eigenvalue weighted by Gasteiger charge is 2.20. The first-order valence-electron chi connectivity index (χ1n) is 5.92. The predicted octanol–water partition coefficient (Wildman–Crippen LogP) is 2.20. The van der Waals surface area contributed by atoms with Crippen LogP contribution < -0.4 is 4.90 Å². The van der Waals surface area contributed by atoms with Gasteiger partial charge in [-0.25, -0.2) is 9.67 Å². The number of benzene rings is 1. The van der Waals surface area contributed by atoms with Crippen molar-refractivity contribution in [2.24, 2.45) is 0 Å². The second-order valence-electron chi connectivity index (χ2n) is 4.30. The predicted molar refractivity (Wildman–Crippen MR) is 74.0 cm³/mol. The number of hydrogen-bond donors (Lipinski definition) is 0. The average Bonchev–Trinajstić information content (AvgIpc) is 2.88. The number of aromatic nitrogens is 3. The first-order valence-corrected chi connectivity index (χ1v) is 6.36. The van der Waals surface area contributed by atoms with Crippen LogP contribution in [0.1, 0.15) is 12.5 Å². The fourth-order valence-electron chi connectivity index (χ4n) is 1.74. The quantitative estimate of drug-likeness (QED) is 0.806. The molecule has 0 radical (unpaired) electrons. The van der Waals surface area contributed by atoms with E-state index in [1.165, 1.54) is 6.33 Å². The number of nitrogens with zero attached hydrogens (tertiary/aromatic N) is 4. The SMILES string of the molecule is Cc1cccc(N(Cn2cncn2)C(=O)C(C)Cl)c1. The highest BCUT2D eigenvalue weighted by molar-refractivity contribution is 6.32. The van der Waals surface area contributed by atoms with Gasteiger partial charge in [0.05, 0.1) is 0 Å². The fraction of sp³-hybridized carbons (Fsp3) is 0.308. The zero-order chi connectivity index (χ0) is 13.8. The molecule has 0 aliphatic heterocycles. The molecule has 0 saturated heterocycles. The van der Waals surface area contributed by atoms with Gasteiger partial charge in [0.25, 0.3) is 0 Å². The van der Waals surface area contributed by atoms with E-state index in [0.717, 1.165) is 11.3 Å². The molecule has 19 heavy (non-hydrogen) atoms. The van der Waals surface area contributed by atoms with Gasteiger partial charge in [0.2, 0.25) is 5.91 Å². The first kappa shape index (κ1) is 13.5. The lowest BCUT2D eigenvalue weighted by Gasteiger charge is -2.24. The van der Waals surface area contributed by atoms with E-state index in [2.05, 4.69) is 10.1 Å². The normalized spacial score (nSPS) is 12.2. The molecule has 0 saturated carbocycles. The summed E-state index contributed by atoms with van der Waals surface area (Å²) in [5.74, 6) is -0.164. The molecule has 1 aromatic heterocycles. The van der Waals surface area contributed by atoms with Crippen molar-refractivity contribution in [2.75, 3.05) is 4.90 Å². The number of aryl methyl sites for hydroxylation is 1. The van der Waals surface area contributed by atoms with Gasteiger partial charge in [0, 0.05) is 5.69 Å². The number of carbonyl (C=O) groups excluding carboxylic acids is 1. The Morgan fingerprint density at radius 3 is 2.89 bits per heavy atom. The van der Waals surface area contributed by atoms with Crippen molar-refractivity contribution >= 4 is 23.2 Å². The van der Waals surface area contributed by atoms with E-state index in [1.807, 2.05) is 31.2 Å². The summed E-state index contributed by atoms with van der Waals surface area (Å²) in [6.07, 6.45) is 3.00. The van der Waals surface area contributed by atoms with Crippen molar-refractivity contribution in [2.45, 2.75) is 25.9 Å². The van der Waals surface area contributed by atoms with E-state index in [1.54, 1.807) is 22.8 Å². The van der Waals surface area contributed by atoms with Gasteiger partial charge in [0.1, 0.15) is 24.7 Å². The largest absolute Gasteiger partial charge is 0.291 e. The molecule has 0 aliphatic rings. The molecule has 1 atom stereocenters. The number of anilines is 1. The molecule has 100 valence electrons. The third-order valence-corrected chi connectivity index (χ3v) is 2.86. The third kappa shape index (κ3) is 3.32. The van der Waals surface area contributed by atoms with Crippen LogP contribution in [0.15, 0.2) is 36.9 Å². The van der Waals surface area contributed by atoms with Gasteiger partial charge in [-0.05, 0) is 31.5 Å². The van der Waals surface area contributed by atoms with Gasteiger partial charge in [-0.15, -0.1) is 11.6 Å².